The maximum absolute atomic E-state index is 13.3. The van der Waals surface area contributed by atoms with Gasteiger partial charge in [-0.2, -0.15) is 0 Å². The quantitative estimate of drug-likeness (QED) is 0.203. The molecule has 1 aliphatic carbocycles. The Bertz CT molecular complexity index is 1390. The molecule has 1 N–H and O–H groups in total. The fourth-order valence-corrected chi connectivity index (χ4v) is 7.06. The van der Waals surface area contributed by atoms with Crippen molar-refractivity contribution < 1.29 is 14.3 Å². The molecule has 7 heteroatoms. The van der Waals surface area contributed by atoms with Crippen LogP contribution in [0, 0.1) is 0 Å². The highest BCUT2D eigenvalue weighted by molar-refractivity contribution is 8.00. The molecule has 5 nitrogen and oxygen atoms in total. The van der Waals surface area contributed by atoms with Gasteiger partial charge in [-0.25, -0.2) is 4.79 Å². The van der Waals surface area contributed by atoms with Crippen molar-refractivity contribution >= 4 is 50.9 Å². The number of hydrogen-bond acceptors (Lipinski definition) is 5. The molecular weight excluding hydrogens is 488 g/mol. The summed E-state index contributed by atoms with van der Waals surface area (Å²) in [7, 11) is 0. The summed E-state index contributed by atoms with van der Waals surface area (Å²) in [6.07, 6.45) is 6.12. The molecule has 0 bridgehead atoms. The van der Waals surface area contributed by atoms with Gasteiger partial charge in [-0.05, 0) is 56.7 Å². The highest BCUT2D eigenvalue weighted by Crippen LogP contribution is 2.39. The number of amides is 1. The first-order chi connectivity index (χ1) is 17.5. The van der Waals surface area contributed by atoms with Crippen LogP contribution in [0.1, 0.15) is 53.1 Å². The van der Waals surface area contributed by atoms with E-state index in [0.717, 1.165) is 53.6 Å². The lowest BCUT2D eigenvalue weighted by Crippen LogP contribution is -2.23. The van der Waals surface area contributed by atoms with Crippen molar-refractivity contribution in [3.63, 3.8) is 0 Å². The monoisotopic (exact) mass is 518 g/mol. The van der Waals surface area contributed by atoms with Crippen molar-refractivity contribution in [1.82, 2.24) is 4.57 Å². The Morgan fingerprint density at radius 1 is 1.08 bits per heavy atom. The number of thioether (sulfide) groups is 1. The van der Waals surface area contributed by atoms with Crippen LogP contribution in [0.4, 0.5) is 5.00 Å². The summed E-state index contributed by atoms with van der Waals surface area (Å²) in [5, 5.41) is 4.50. The van der Waals surface area contributed by atoms with Gasteiger partial charge in [0.2, 0.25) is 5.91 Å². The van der Waals surface area contributed by atoms with Crippen LogP contribution in [0.15, 0.2) is 65.7 Å². The minimum absolute atomic E-state index is 0.107. The predicted octanol–water partition coefficient (Wildman–Crippen LogP) is 6.93. The highest BCUT2D eigenvalue weighted by atomic mass is 32.2. The maximum atomic E-state index is 13.3. The second-order valence-electron chi connectivity index (χ2n) is 9.01. The van der Waals surface area contributed by atoms with Crippen LogP contribution in [0.5, 0.6) is 0 Å². The average Bonchev–Trinajstić information content (AvgIpc) is 3.42. The number of rotatable bonds is 8. The van der Waals surface area contributed by atoms with E-state index in [-0.39, 0.29) is 17.1 Å². The second kappa shape index (κ2) is 10.9. The fourth-order valence-electron chi connectivity index (χ4n) is 4.75. The lowest BCUT2D eigenvalue weighted by molar-refractivity contribution is -0.115. The molecule has 0 fully saturated rings. The van der Waals surface area contributed by atoms with E-state index in [1.54, 1.807) is 11.8 Å². The zero-order chi connectivity index (χ0) is 25.1. The molecule has 2 aromatic carbocycles. The molecule has 2 aromatic heterocycles. The number of ether oxygens (including phenoxy) is 1. The van der Waals surface area contributed by atoms with Crippen molar-refractivity contribution in [2.45, 2.75) is 56.2 Å². The van der Waals surface area contributed by atoms with Crippen molar-refractivity contribution in [1.29, 1.82) is 0 Å². The lowest BCUT2D eigenvalue weighted by Gasteiger charge is -2.13. The van der Waals surface area contributed by atoms with E-state index < -0.39 is 0 Å². The zero-order valence-corrected chi connectivity index (χ0v) is 22.2. The molecule has 0 saturated carbocycles. The van der Waals surface area contributed by atoms with Gasteiger partial charge in [0, 0.05) is 33.4 Å². The van der Waals surface area contributed by atoms with E-state index in [1.807, 2.05) is 32.0 Å². The van der Waals surface area contributed by atoms with Gasteiger partial charge in [0.05, 0.1) is 17.4 Å². The van der Waals surface area contributed by atoms with E-state index in [0.29, 0.717) is 17.2 Å². The molecule has 1 amide bonds. The molecule has 5 rings (SSSR count). The summed E-state index contributed by atoms with van der Waals surface area (Å²) in [6, 6.07) is 18.7. The third-order valence-corrected chi connectivity index (χ3v) is 8.86. The number of thiophene rings is 1. The van der Waals surface area contributed by atoms with Gasteiger partial charge in [-0.1, -0.05) is 48.5 Å². The number of nitrogens with zero attached hydrogens (tertiary/aromatic N) is 1. The number of esters is 1. The standard InChI is InChI=1S/C29H30N2O3S2/c1-3-34-29(33)26-22-14-8-10-16-24(22)36-28(26)30-27(32)19(2)35-25-18-31(17-20-11-5-4-6-12-20)23-15-9-7-13-21(23)25/h4-7,9,11-13,15,18-19H,3,8,10,14,16-17H2,1-2H3,(H,30,32). The second-order valence-corrected chi connectivity index (χ2v) is 11.5. The largest absolute Gasteiger partial charge is 0.462 e. The molecule has 36 heavy (non-hydrogen) atoms. The van der Waals surface area contributed by atoms with Crippen molar-refractivity contribution in [2.24, 2.45) is 0 Å². The first-order valence-electron chi connectivity index (χ1n) is 12.5. The molecule has 4 aromatic rings. The minimum Gasteiger partial charge on any atom is -0.462 e. The Morgan fingerprint density at radius 2 is 1.83 bits per heavy atom. The Morgan fingerprint density at radius 3 is 2.64 bits per heavy atom. The minimum atomic E-state index is -0.338. The Labute approximate surface area is 219 Å². The number of fused-ring (bicyclic) bond motifs is 2. The number of aryl methyl sites for hydroxylation is 1. The highest BCUT2D eigenvalue weighted by Gasteiger charge is 2.28. The summed E-state index contributed by atoms with van der Waals surface area (Å²) < 4.78 is 7.58. The molecule has 0 spiro atoms. The molecule has 1 aliphatic rings. The van der Waals surface area contributed by atoms with E-state index in [4.69, 9.17) is 4.74 Å². The summed E-state index contributed by atoms with van der Waals surface area (Å²) in [4.78, 5) is 28.3. The van der Waals surface area contributed by atoms with E-state index in [2.05, 4.69) is 52.5 Å². The molecule has 0 aliphatic heterocycles. The van der Waals surface area contributed by atoms with Crippen LogP contribution in [0.25, 0.3) is 10.9 Å². The zero-order valence-electron chi connectivity index (χ0n) is 20.6. The van der Waals surface area contributed by atoms with Crippen LogP contribution >= 0.6 is 23.1 Å². The number of hydrogen-bond donors (Lipinski definition) is 1. The number of carbonyl (C=O) groups is 2. The topological polar surface area (TPSA) is 60.3 Å². The van der Waals surface area contributed by atoms with Crippen LogP contribution in [-0.4, -0.2) is 28.3 Å². The first-order valence-corrected chi connectivity index (χ1v) is 14.2. The molecule has 1 unspecified atom stereocenters. The number of carbonyl (C=O) groups excluding carboxylic acids is 2. The van der Waals surface area contributed by atoms with Gasteiger partial charge in [0.15, 0.2) is 0 Å². The van der Waals surface area contributed by atoms with E-state index in [1.165, 1.54) is 21.8 Å². The Kier molecular flexibility index (Phi) is 7.48. The molecule has 1 atom stereocenters. The van der Waals surface area contributed by atoms with Crippen LogP contribution in [0.2, 0.25) is 0 Å². The lowest BCUT2D eigenvalue weighted by atomic mass is 9.95. The van der Waals surface area contributed by atoms with Crippen molar-refractivity contribution in [2.75, 3.05) is 11.9 Å². The summed E-state index contributed by atoms with van der Waals surface area (Å²) in [5.41, 5.74) is 3.99. The van der Waals surface area contributed by atoms with Crippen LogP contribution in [-0.2, 0) is 28.9 Å². The van der Waals surface area contributed by atoms with Gasteiger partial charge in [-0.15, -0.1) is 23.1 Å². The number of para-hydroxylation sites is 1. The maximum Gasteiger partial charge on any atom is 0.341 e. The number of benzene rings is 2. The average molecular weight is 519 g/mol. The Hall–Kier alpha value is -3.03. The van der Waals surface area contributed by atoms with Gasteiger partial charge >= 0.3 is 5.97 Å². The third kappa shape index (κ3) is 5.08. The van der Waals surface area contributed by atoms with Crippen molar-refractivity contribution in [3.8, 4) is 0 Å². The summed E-state index contributed by atoms with van der Waals surface area (Å²) >= 11 is 3.08. The number of nitrogens with one attached hydrogen (secondary N) is 1. The molecule has 0 saturated heterocycles. The third-order valence-electron chi connectivity index (χ3n) is 6.51. The van der Waals surface area contributed by atoms with Crippen molar-refractivity contribution in [3.05, 3.63) is 82.4 Å². The van der Waals surface area contributed by atoms with Gasteiger partial charge < -0.3 is 14.6 Å². The summed E-state index contributed by atoms with van der Waals surface area (Å²) in [5.74, 6) is -0.444. The van der Waals surface area contributed by atoms with Gasteiger partial charge in [0.1, 0.15) is 5.00 Å². The molecular formula is C29H30N2O3S2. The fraction of sp³-hybridized carbons (Fsp3) is 0.310. The summed E-state index contributed by atoms with van der Waals surface area (Å²) in [6.45, 7) is 4.81. The molecule has 2 heterocycles. The van der Waals surface area contributed by atoms with Crippen LogP contribution in [0.3, 0.4) is 0 Å². The SMILES string of the molecule is CCOC(=O)c1c(NC(=O)C(C)Sc2cn(Cc3ccccc3)c3ccccc23)sc2c1CCCC2. The molecule has 0 radical (unpaired) electrons. The molecule has 186 valence electrons. The Balaban J connectivity index is 1.37. The first kappa shape index (κ1) is 24.7. The van der Waals surface area contributed by atoms with Gasteiger partial charge in [0.25, 0.3) is 0 Å². The number of aromatic nitrogens is 1. The smallest absolute Gasteiger partial charge is 0.341 e. The number of anilines is 1. The van der Waals surface area contributed by atoms with E-state index >= 15 is 0 Å². The van der Waals surface area contributed by atoms with Gasteiger partial charge in [-0.3, -0.25) is 4.79 Å². The van der Waals surface area contributed by atoms with E-state index in [9.17, 15) is 9.59 Å². The predicted molar refractivity (Wildman–Crippen MR) is 148 cm³/mol. The normalized spacial score (nSPS) is 13.8. The van der Waals surface area contributed by atoms with Crippen LogP contribution < -0.4 is 5.32 Å².